The number of fused-ring (bicyclic) bond motifs is 1. The minimum Gasteiger partial charge on any atom is -0.445 e. The van der Waals surface area contributed by atoms with E-state index < -0.39 is 12.4 Å². The van der Waals surface area contributed by atoms with Gasteiger partial charge in [0.05, 0.1) is 0 Å². The first kappa shape index (κ1) is 8.47. The average Bonchev–Trinajstić information content (AvgIpc) is 2.47. The molecule has 0 saturated carbocycles. The van der Waals surface area contributed by atoms with Gasteiger partial charge in [-0.2, -0.15) is 0 Å². The fourth-order valence-electron chi connectivity index (χ4n) is 1.53. The Hall–Kier alpha value is -1.13. The summed E-state index contributed by atoms with van der Waals surface area (Å²) >= 11 is 0. The van der Waals surface area contributed by atoms with Gasteiger partial charge in [-0.1, -0.05) is 12.1 Å². The molecular weight excluding hydrogens is 178 g/mol. The van der Waals surface area contributed by atoms with Crippen molar-refractivity contribution in [3.05, 3.63) is 23.8 Å². The molecule has 70 valence electrons. The van der Waals surface area contributed by atoms with Crippen molar-refractivity contribution in [1.29, 1.82) is 0 Å². The third-order valence-electron chi connectivity index (χ3n) is 2.22. The molecule has 1 aromatic carbocycles. The van der Waals surface area contributed by atoms with E-state index in [0.29, 0.717) is 6.42 Å². The molecule has 0 unspecified atom stereocenters. The van der Waals surface area contributed by atoms with Crippen LogP contribution < -0.4 is 10.8 Å². The van der Waals surface area contributed by atoms with Gasteiger partial charge in [-0.15, -0.1) is 5.46 Å². The second-order valence-electron chi connectivity index (χ2n) is 3.17. The quantitative estimate of drug-likeness (QED) is 0.658. The van der Waals surface area contributed by atoms with E-state index in [4.69, 9.17) is 0 Å². The lowest BCUT2D eigenvalue weighted by atomic mass is 9.79. The number of halogens is 3. The van der Waals surface area contributed by atoms with Gasteiger partial charge >= 0.3 is 6.98 Å². The van der Waals surface area contributed by atoms with Crippen molar-refractivity contribution in [3.8, 4) is 0 Å². The van der Waals surface area contributed by atoms with E-state index in [1.807, 2.05) is 0 Å². The summed E-state index contributed by atoms with van der Waals surface area (Å²) in [4.78, 5) is 0. The first-order valence-electron chi connectivity index (χ1n) is 4.14. The number of hydrogen-bond donors (Lipinski definition) is 1. The Morgan fingerprint density at radius 3 is 2.69 bits per heavy atom. The van der Waals surface area contributed by atoms with Crippen LogP contribution in [0.3, 0.4) is 0 Å². The topological polar surface area (TPSA) is 12.0 Å². The highest BCUT2D eigenvalue weighted by atomic mass is 19.4. The van der Waals surface area contributed by atoms with Crippen molar-refractivity contribution in [2.24, 2.45) is 0 Å². The van der Waals surface area contributed by atoms with Gasteiger partial charge in [0, 0.05) is 12.2 Å². The standard InChI is InChI=1S/C8H8BF3N/c10-9(11,12)7-1-2-8-6(5-7)3-4-13-8/h1-2,5,13H,3-4H2/q-1. The maximum Gasteiger partial charge on any atom is 0.509 e. The van der Waals surface area contributed by atoms with Crippen LogP contribution in [0.1, 0.15) is 5.56 Å². The fourth-order valence-corrected chi connectivity index (χ4v) is 1.53. The molecule has 1 N–H and O–H groups in total. The van der Waals surface area contributed by atoms with Crippen LogP contribution in [0.15, 0.2) is 18.2 Å². The SMILES string of the molecule is F[B-](F)(F)c1ccc2c(c1)CCN2. The molecule has 0 aliphatic carbocycles. The van der Waals surface area contributed by atoms with Crippen molar-refractivity contribution in [3.63, 3.8) is 0 Å². The van der Waals surface area contributed by atoms with Gasteiger partial charge in [-0.25, -0.2) is 0 Å². The highest BCUT2D eigenvalue weighted by Gasteiger charge is 2.26. The molecule has 1 heterocycles. The number of anilines is 1. The van der Waals surface area contributed by atoms with Crippen LogP contribution in [-0.4, -0.2) is 13.5 Å². The van der Waals surface area contributed by atoms with Crippen LogP contribution in [0.4, 0.5) is 18.6 Å². The number of rotatable bonds is 1. The third kappa shape index (κ3) is 1.50. The maximum absolute atomic E-state index is 12.3. The lowest BCUT2D eigenvalue weighted by Crippen LogP contribution is -2.33. The molecule has 1 aliphatic rings. The summed E-state index contributed by atoms with van der Waals surface area (Å²) in [5.41, 5.74) is 1.11. The summed E-state index contributed by atoms with van der Waals surface area (Å²) in [5, 5.41) is 3.02. The van der Waals surface area contributed by atoms with Gasteiger partial charge < -0.3 is 18.3 Å². The van der Waals surface area contributed by atoms with Gasteiger partial charge in [0.25, 0.3) is 0 Å². The molecule has 0 bridgehead atoms. The molecule has 2 rings (SSSR count). The third-order valence-corrected chi connectivity index (χ3v) is 2.22. The molecule has 0 atom stereocenters. The second-order valence-corrected chi connectivity index (χ2v) is 3.17. The maximum atomic E-state index is 12.3. The van der Waals surface area contributed by atoms with Crippen molar-refractivity contribution < 1.29 is 12.9 Å². The highest BCUT2D eigenvalue weighted by Crippen LogP contribution is 2.22. The predicted octanol–water partition coefficient (Wildman–Crippen LogP) is 1.71. The van der Waals surface area contributed by atoms with Crippen LogP contribution in [0.25, 0.3) is 0 Å². The molecule has 0 fully saturated rings. The number of hydrogen-bond acceptors (Lipinski definition) is 1. The van der Waals surface area contributed by atoms with Crippen LogP contribution >= 0.6 is 0 Å². The molecule has 1 aliphatic heterocycles. The Balaban J connectivity index is 2.42. The average molecular weight is 186 g/mol. The first-order chi connectivity index (χ1) is 6.07. The van der Waals surface area contributed by atoms with E-state index >= 15 is 0 Å². The Morgan fingerprint density at radius 2 is 2.00 bits per heavy atom. The highest BCUT2D eigenvalue weighted by molar-refractivity contribution is 6.73. The molecule has 13 heavy (non-hydrogen) atoms. The zero-order valence-corrected chi connectivity index (χ0v) is 6.86. The summed E-state index contributed by atoms with van der Waals surface area (Å²) in [7, 11) is 0. The van der Waals surface area contributed by atoms with Crippen molar-refractivity contribution >= 4 is 18.1 Å². The summed E-state index contributed by atoms with van der Waals surface area (Å²) in [6, 6.07) is 3.89. The largest absolute Gasteiger partial charge is 0.509 e. The zero-order chi connectivity index (χ0) is 9.47. The van der Waals surface area contributed by atoms with Crippen LogP contribution in [0.5, 0.6) is 0 Å². The Bertz CT molecular complexity index is 335. The van der Waals surface area contributed by atoms with Crippen molar-refractivity contribution in [2.45, 2.75) is 6.42 Å². The van der Waals surface area contributed by atoms with E-state index in [0.717, 1.165) is 23.9 Å². The lowest BCUT2D eigenvalue weighted by Gasteiger charge is -2.15. The van der Waals surface area contributed by atoms with Crippen molar-refractivity contribution in [2.75, 3.05) is 11.9 Å². The molecule has 5 heteroatoms. The van der Waals surface area contributed by atoms with Gasteiger partial charge in [0.15, 0.2) is 0 Å². The van der Waals surface area contributed by atoms with E-state index in [1.165, 1.54) is 12.1 Å². The monoisotopic (exact) mass is 186 g/mol. The van der Waals surface area contributed by atoms with Crippen LogP contribution in [0, 0.1) is 0 Å². The summed E-state index contributed by atoms with van der Waals surface area (Å²) in [5.74, 6) is 0. The Labute approximate surface area is 74.0 Å². The number of nitrogens with one attached hydrogen (secondary N) is 1. The molecular formula is C8H8BF3N-. The van der Waals surface area contributed by atoms with Crippen molar-refractivity contribution in [1.82, 2.24) is 0 Å². The smallest absolute Gasteiger partial charge is 0.445 e. The minimum absolute atomic E-state index is 0.498. The lowest BCUT2D eigenvalue weighted by molar-refractivity contribution is 0.501. The summed E-state index contributed by atoms with van der Waals surface area (Å²) < 4.78 is 36.9. The summed E-state index contributed by atoms with van der Waals surface area (Å²) in [6.07, 6.45) is 0.690. The second kappa shape index (κ2) is 2.68. The molecule has 0 spiro atoms. The minimum atomic E-state index is -4.85. The van der Waals surface area contributed by atoms with Gasteiger partial charge in [-0.3, -0.25) is 0 Å². The molecule has 0 amide bonds. The molecule has 1 nitrogen and oxygen atoms in total. The fraction of sp³-hybridized carbons (Fsp3) is 0.250. The normalized spacial score (nSPS) is 15.3. The Morgan fingerprint density at radius 1 is 1.23 bits per heavy atom. The van der Waals surface area contributed by atoms with Gasteiger partial charge in [0.1, 0.15) is 0 Å². The molecule has 0 radical (unpaired) electrons. The van der Waals surface area contributed by atoms with E-state index in [9.17, 15) is 12.9 Å². The predicted molar refractivity (Wildman–Crippen MR) is 47.3 cm³/mol. The van der Waals surface area contributed by atoms with Crippen LogP contribution in [-0.2, 0) is 6.42 Å². The van der Waals surface area contributed by atoms with Gasteiger partial charge in [-0.05, 0) is 18.1 Å². The first-order valence-corrected chi connectivity index (χ1v) is 4.14. The molecule has 0 saturated heterocycles. The summed E-state index contributed by atoms with van der Waals surface area (Å²) in [6.45, 7) is -4.11. The Kier molecular flexibility index (Phi) is 1.75. The van der Waals surface area contributed by atoms with E-state index in [1.54, 1.807) is 0 Å². The van der Waals surface area contributed by atoms with E-state index in [2.05, 4.69) is 5.32 Å². The molecule has 1 aromatic rings. The van der Waals surface area contributed by atoms with Crippen LogP contribution in [0.2, 0.25) is 0 Å². The number of benzene rings is 1. The van der Waals surface area contributed by atoms with Gasteiger partial charge in [0.2, 0.25) is 0 Å². The molecule has 0 aromatic heterocycles. The van der Waals surface area contributed by atoms with E-state index in [-0.39, 0.29) is 0 Å². The zero-order valence-electron chi connectivity index (χ0n) is 6.86.